The van der Waals surface area contributed by atoms with Gasteiger partial charge in [-0.05, 0) is 25.5 Å². The zero-order valence-electron chi connectivity index (χ0n) is 11.7. The third-order valence-electron chi connectivity index (χ3n) is 3.37. The third-order valence-corrected chi connectivity index (χ3v) is 3.37. The number of nitrogens with one attached hydrogen (secondary N) is 1. The van der Waals surface area contributed by atoms with E-state index in [-0.39, 0.29) is 18.4 Å². The quantitative estimate of drug-likeness (QED) is 0.774. The van der Waals surface area contributed by atoms with Gasteiger partial charge in [0.15, 0.2) is 0 Å². The molecule has 1 atom stereocenters. The monoisotopic (exact) mass is 273 g/mol. The van der Waals surface area contributed by atoms with E-state index in [1.54, 1.807) is 19.3 Å². The lowest BCUT2D eigenvalue weighted by atomic mass is 10.1. The van der Waals surface area contributed by atoms with Gasteiger partial charge in [0.1, 0.15) is 5.75 Å². The van der Waals surface area contributed by atoms with Crippen LogP contribution in [0.3, 0.4) is 0 Å². The van der Waals surface area contributed by atoms with Gasteiger partial charge in [0, 0.05) is 42.3 Å². The van der Waals surface area contributed by atoms with Crippen LogP contribution in [-0.2, 0) is 13.2 Å². The predicted octanol–water partition coefficient (Wildman–Crippen LogP) is 1.83. The minimum Gasteiger partial charge on any atom is -0.506 e. The summed E-state index contributed by atoms with van der Waals surface area (Å²) in [5, 5.41) is 22.7. The molecule has 0 fully saturated rings. The molecule has 5 heteroatoms. The largest absolute Gasteiger partial charge is 0.506 e. The van der Waals surface area contributed by atoms with Crippen molar-refractivity contribution in [2.24, 2.45) is 0 Å². The first-order valence-electron chi connectivity index (χ1n) is 6.54. The van der Waals surface area contributed by atoms with Crippen LogP contribution in [-0.4, -0.2) is 20.2 Å². The molecule has 5 nitrogen and oxygen atoms in total. The van der Waals surface area contributed by atoms with E-state index in [4.69, 9.17) is 0 Å². The van der Waals surface area contributed by atoms with Crippen molar-refractivity contribution in [3.05, 3.63) is 53.1 Å². The fourth-order valence-corrected chi connectivity index (χ4v) is 2.02. The predicted molar refractivity (Wildman–Crippen MR) is 76.1 cm³/mol. The van der Waals surface area contributed by atoms with Crippen LogP contribution in [0.1, 0.15) is 35.3 Å². The van der Waals surface area contributed by atoms with Gasteiger partial charge in [-0.3, -0.25) is 9.97 Å². The molecule has 2 aromatic heterocycles. The Balaban J connectivity index is 2.13. The number of rotatable bonds is 5. The van der Waals surface area contributed by atoms with E-state index in [1.165, 1.54) is 0 Å². The number of hydrogen-bond acceptors (Lipinski definition) is 5. The SMILES string of the molecule is Cc1ncc(CO)c(CN[C@H](C)c2cccnc2)c1O. The van der Waals surface area contributed by atoms with Gasteiger partial charge < -0.3 is 15.5 Å². The Bertz CT molecular complexity index is 573. The number of pyridine rings is 2. The maximum atomic E-state index is 10.1. The molecule has 0 amide bonds. The number of aromatic nitrogens is 2. The number of aliphatic hydroxyl groups excluding tert-OH is 1. The number of aliphatic hydroxyl groups is 1. The first kappa shape index (κ1) is 14.4. The molecule has 2 aromatic rings. The van der Waals surface area contributed by atoms with Crippen LogP contribution < -0.4 is 5.32 Å². The maximum absolute atomic E-state index is 10.1. The van der Waals surface area contributed by atoms with Gasteiger partial charge in [0.05, 0.1) is 12.3 Å². The number of hydrogen-bond donors (Lipinski definition) is 3. The Kier molecular flexibility index (Phi) is 4.65. The fourth-order valence-electron chi connectivity index (χ4n) is 2.02. The molecule has 0 spiro atoms. The Hall–Kier alpha value is -1.98. The van der Waals surface area contributed by atoms with Crippen molar-refractivity contribution < 1.29 is 10.2 Å². The second kappa shape index (κ2) is 6.45. The van der Waals surface area contributed by atoms with Gasteiger partial charge in [0.25, 0.3) is 0 Å². The van der Waals surface area contributed by atoms with Crippen molar-refractivity contribution in [3.8, 4) is 5.75 Å². The molecule has 2 heterocycles. The normalized spacial score (nSPS) is 12.3. The molecule has 0 radical (unpaired) electrons. The van der Waals surface area contributed by atoms with E-state index in [1.807, 2.05) is 25.3 Å². The van der Waals surface area contributed by atoms with Gasteiger partial charge in [0.2, 0.25) is 0 Å². The summed E-state index contributed by atoms with van der Waals surface area (Å²) in [5.74, 6) is 0.141. The van der Waals surface area contributed by atoms with Crippen molar-refractivity contribution in [1.29, 1.82) is 0 Å². The van der Waals surface area contributed by atoms with Crippen LogP contribution in [0.15, 0.2) is 30.7 Å². The number of nitrogens with zero attached hydrogens (tertiary/aromatic N) is 2. The van der Waals surface area contributed by atoms with E-state index >= 15 is 0 Å². The molecule has 106 valence electrons. The Morgan fingerprint density at radius 1 is 1.35 bits per heavy atom. The van der Waals surface area contributed by atoms with E-state index in [0.717, 1.165) is 5.56 Å². The summed E-state index contributed by atoms with van der Waals surface area (Å²) in [6.07, 6.45) is 5.14. The molecule has 0 aliphatic heterocycles. The molecule has 0 saturated carbocycles. The average molecular weight is 273 g/mol. The average Bonchev–Trinajstić information content (AvgIpc) is 2.49. The lowest BCUT2D eigenvalue weighted by molar-refractivity contribution is 0.278. The standard InChI is InChI=1S/C15H19N3O2/c1-10(12-4-3-5-16-6-12)18-8-14-13(9-19)7-17-11(2)15(14)20/h3-7,10,18-20H,8-9H2,1-2H3/t10-/m1/s1. The van der Waals surface area contributed by atoms with E-state index in [9.17, 15) is 10.2 Å². The third kappa shape index (κ3) is 3.12. The van der Waals surface area contributed by atoms with Crippen molar-refractivity contribution in [1.82, 2.24) is 15.3 Å². The molecule has 0 aliphatic carbocycles. The summed E-state index contributed by atoms with van der Waals surface area (Å²) >= 11 is 0. The minimum atomic E-state index is -0.140. The highest BCUT2D eigenvalue weighted by Gasteiger charge is 2.13. The summed E-state index contributed by atoms with van der Waals surface area (Å²) in [6, 6.07) is 3.99. The second-order valence-corrected chi connectivity index (χ2v) is 4.74. The minimum absolute atomic E-state index is 0.100. The summed E-state index contributed by atoms with van der Waals surface area (Å²) < 4.78 is 0. The summed E-state index contributed by atoms with van der Waals surface area (Å²) in [4.78, 5) is 8.13. The number of aromatic hydroxyl groups is 1. The van der Waals surface area contributed by atoms with Gasteiger partial charge >= 0.3 is 0 Å². The highest BCUT2D eigenvalue weighted by Crippen LogP contribution is 2.24. The van der Waals surface area contributed by atoms with Crippen LogP contribution >= 0.6 is 0 Å². The number of aryl methyl sites for hydroxylation is 1. The molecule has 3 N–H and O–H groups in total. The first-order valence-corrected chi connectivity index (χ1v) is 6.54. The highest BCUT2D eigenvalue weighted by molar-refractivity contribution is 5.40. The van der Waals surface area contributed by atoms with Gasteiger partial charge in [-0.15, -0.1) is 0 Å². The molecule has 0 unspecified atom stereocenters. The zero-order valence-corrected chi connectivity index (χ0v) is 11.7. The lowest BCUT2D eigenvalue weighted by Crippen LogP contribution is -2.19. The Labute approximate surface area is 118 Å². The molecule has 0 aliphatic rings. The van der Waals surface area contributed by atoms with Crippen molar-refractivity contribution in [2.75, 3.05) is 0 Å². The topological polar surface area (TPSA) is 78.3 Å². The van der Waals surface area contributed by atoms with E-state index < -0.39 is 0 Å². The van der Waals surface area contributed by atoms with Crippen molar-refractivity contribution in [2.45, 2.75) is 33.0 Å². The van der Waals surface area contributed by atoms with Crippen LogP contribution in [0.2, 0.25) is 0 Å². The van der Waals surface area contributed by atoms with E-state index in [2.05, 4.69) is 15.3 Å². The molecular formula is C15H19N3O2. The lowest BCUT2D eigenvalue weighted by Gasteiger charge is -2.16. The molecule has 0 bridgehead atoms. The summed E-state index contributed by atoms with van der Waals surface area (Å²) in [6.45, 7) is 4.09. The molecule has 2 rings (SSSR count). The van der Waals surface area contributed by atoms with Crippen LogP contribution in [0.4, 0.5) is 0 Å². The van der Waals surface area contributed by atoms with Gasteiger partial charge in [-0.1, -0.05) is 6.07 Å². The Morgan fingerprint density at radius 2 is 2.15 bits per heavy atom. The molecular weight excluding hydrogens is 254 g/mol. The zero-order chi connectivity index (χ0) is 14.5. The van der Waals surface area contributed by atoms with E-state index in [0.29, 0.717) is 23.4 Å². The van der Waals surface area contributed by atoms with Crippen LogP contribution in [0.25, 0.3) is 0 Å². The first-order chi connectivity index (χ1) is 9.63. The van der Waals surface area contributed by atoms with Crippen LogP contribution in [0.5, 0.6) is 5.75 Å². The smallest absolute Gasteiger partial charge is 0.141 e. The van der Waals surface area contributed by atoms with Crippen molar-refractivity contribution in [3.63, 3.8) is 0 Å². The second-order valence-electron chi connectivity index (χ2n) is 4.74. The molecule has 0 saturated heterocycles. The maximum Gasteiger partial charge on any atom is 0.141 e. The summed E-state index contributed by atoms with van der Waals surface area (Å²) in [7, 11) is 0. The van der Waals surface area contributed by atoms with Gasteiger partial charge in [-0.2, -0.15) is 0 Å². The highest BCUT2D eigenvalue weighted by atomic mass is 16.3. The molecule has 20 heavy (non-hydrogen) atoms. The molecule has 0 aromatic carbocycles. The summed E-state index contributed by atoms with van der Waals surface area (Å²) in [5.41, 5.74) is 2.96. The Morgan fingerprint density at radius 3 is 2.80 bits per heavy atom. The fraction of sp³-hybridized carbons (Fsp3) is 0.333. The van der Waals surface area contributed by atoms with Crippen molar-refractivity contribution >= 4 is 0 Å². The van der Waals surface area contributed by atoms with Gasteiger partial charge in [-0.25, -0.2) is 0 Å². The van der Waals surface area contributed by atoms with Crippen LogP contribution in [0, 0.1) is 6.92 Å².